The number of ether oxygens (including phenoxy) is 1. The second kappa shape index (κ2) is 5.65. The Bertz CT molecular complexity index is 537. The maximum Gasteiger partial charge on any atom is 0.267 e. The number of hydrogen-bond acceptors (Lipinski definition) is 3. The third kappa shape index (κ3) is 2.69. The molecule has 1 aromatic carbocycles. The van der Waals surface area contributed by atoms with Crippen LogP contribution in [-0.4, -0.2) is 24.3 Å². The number of hydrogen-bond donors (Lipinski definition) is 0. The largest absolute Gasteiger partial charge is 0.479 e. The van der Waals surface area contributed by atoms with E-state index in [0.717, 1.165) is 0 Å². The molecular weight excluding hydrogens is 254 g/mol. The average molecular weight is 275 g/mol. The lowest BCUT2D eigenvalue weighted by Crippen LogP contribution is -2.46. The van der Waals surface area contributed by atoms with Gasteiger partial charge in [-0.05, 0) is 31.0 Å². The van der Waals surface area contributed by atoms with Crippen molar-refractivity contribution in [1.29, 1.82) is 0 Å². The highest BCUT2D eigenvalue weighted by molar-refractivity contribution is 6.02. The minimum absolute atomic E-state index is 0.0488. The van der Waals surface area contributed by atoms with E-state index in [9.17, 15) is 9.59 Å². The molecule has 0 aliphatic carbocycles. The Morgan fingerprint density at radius 1 is 1.40 bits per heavy atom. The molecule has 0 radical (unpaired) electrons. The Kier molecular flexibility index (Phi) is 4.12. The van der Waals surface area contributed by atoms with Gasteiger partial charge in [-0.1, -0.05) is 20.8 Å². The lowest BCUT2D eigenvalue weighted by molar-refractivity contribution is -0.125. The van der Waals surface area contributed by atoms with Crippen LogP contribution in [0.1, 0.15) is 44.5 Å². The quantitative estimate of drug-likeness (QED) is 0.793. The zero-order valence-corrected chi connectivity index (χ0v) is 12.5. The molecule has 1 amide bonds. The normalized spacial score (nSPS) is 17.9. The van der Waals surface area contributed by atoms with Crippen LogP contribution in [0.25, 0.3) is 0 Å². The van der Waals surface area contributed by atoms with Crippen molar-refractivity contribution in [2.45, 2.75) is 40.2 Å². The molecule has 0 spiro atoms. The smallest absolute Gasteiger partial charge is 0.267 e. The SMILES string of the molecule is CCC(=O)c1ccc2c(c1)N(CC(C)C)C(=O)C(C)O2. The predicted molar refractivity (Wildman–Crippen MR) is 78.3 cm³/mol. The Balaban J connectivity index is 2.45. The van der Waals surface area contributed by atoms with Crippen LogP contribution in [0, 0.1) is 5.92 Å². The van der Waals surface area contributed by atoms with E-state index in [1.54, 1.807) is 30.0 Å². The van der Waals surface area contributed by atoms with Crippen molar-refractivity contribution in [2.24, 2.45) is 5.92 Å². The van der Waals surface area contributed by atoms with Crippen molar-refractivity contribution in [3.05, 3.63) is 23.8 Å². The second-order valence-corrected chi connectivity index (χ2v) is 5.56. The van der Waals surface area contributed by atoms with Crippen LogP contribution in [0.3, 0.4) is 0 Å². The number of amides is 1. The second-order valence-electron chi connectivity index (χ2n) is 5.56. The van der Waals surface area contributed by atoms with E-state index in [2.05, 4.69) is 13.8 Å². The molecule has 0 aromatic heterocycles. The number of carbonyl (C=O) groups excluding carboxylic acids is 2. The van der Waals surface area contributed by atoms with Crippen LogP contribution in [0.4, 0.5) is 5.69 Å². The average Bonchev–Trinajstić information content (AvgIpc) is 2.42. The minimum Gasteiger partial charge on any atom is -0.479 e. The van der Waals surface area contributed by atoms with Gasteiger partial charge in [0, 0.05) is 18.5 Å². The fourth-order valence-electron chi connectivity index (χ4n) is 2.34. The fraction of sp³-hybridized carbons (Fsp3) is 0.500. The molecular formula is C16H21NO3. The van der Waals surface area contributed by atoms with E-state index in [0.29, 0.717) is 35.9 Å². The zero-order valence-electron chi connectivity index (χ0n) is 12.5. The zero-order chi connectivity index (χ0) is 14.9. The summed E-state index contributed by atoms with van der Waals surface area (Å²) in [7, 11) is 0. The molecule has 1 unspecified atom stereocenters. The van der Waals surface area contributed by atoms with Gasteiger partial charge in [0.25, 0.3) is 5.91 Å². The molecule has 0 saturated heterocycles. The van der Waals surface area contributed by atoms with Gasteiger partial charge < -0.3 is 9.64 Å². The standard InChI is InChI=1S/C16H21NO3/c1-5-14(18)12-6-7-15-13(8-12)17(9-10(2)3)16(19)11(4)20-15/h6-8,10-11H,5,9H2,1-4H3. The highest BCUT2D eigenvalue weighted by Gasteiger charge is 2.32. The summed E-state index contributed by atoms with van der Waals surface area (Å²) in [5.74, 6) is 1.05. The van der Waals surface area contributed by atoms with E-state index in [-0.39, 0.29) is 11.7 Å². The first-order valence-electron chi connectivity index (χ1n) is 7.09. The minimum atomic E-state index is -0.478. The van der Waals surface area contributed by atoms with Gasteiger partial charge in [-0.3, -0.25) is 9.59 Å². The molecule has 4 heteroatoms. The molecule has 4 nitrogen and oxygen atoms in total. The van der Waals surface area contributed by atoms with Gasteiger partial charge >= 0.3 is 0 Å². The summed E-state index contributed by atoms with van der Waals surface area (Å²) in [4.78, 5) is 25.9. The molecule has 108 valence electrons. The molecule has 0 N–H and O–H groups in total. The van der Waals surface area contributed by atoms with Crippen molar-refractivity contribution < 1.29 is 14.3 Å². The summed E-state index contributed by atoms with van der Waals surface area (Å²) in [5, 5.41) is 0. The molecule has 0 fully saturated rings. The van der Waals surface area contributed by atoms with Crippen LogP contribution in [0.5, 0.6) is 5.75 Å². The van der Waals surface area contributed by atoms with Crippen molar-refractivity contribution in [2.75, 3.05) is 11.4 Å². The molecule has 2 rings (SSSR count). The molecule has 20 heavy (non-hydrogen) atoms. The maximum atomic E-state index is 12.3. The van der Waals surface area contributed by atoms with Crippen molar-refractivity contribution >= 4 is 17.4 Å². The number of Topliss-reactive ketones (excluding diaryl/α,β-unsaturated/α-hetero) is 1. The summed E-state index contributed by atoms with van der Waals surface area (Å²) in [5.41, 5.74) is 1.34. The monoisotopic (exact) mass is 275 g/mol. The summed E-state index contributed by atoms with van der Waals surface area (Å²) in [6.45, 7) is 8.34. The van der Waals surface area contributed by atoms with E-state index < -0.39 is 6.10 Å². The first-order valence-corrected chi connectivity index (χ1v) is 7.09. The van der Waals surface area contributed by atoms with Gasteiger partial charge in [0.05, 0.1) is 5.69 Å². The highest BCUT2D eigenvalue weighted by atomic mass is 16.5. The Morgan fingerprint density at radius 3 is 2.70 bits per heavy atom. The van der Waals surface area contributed by atoms with E-state index >= 15 is 0 Å². The number of benzene rings is 1. The summed E-state index contributed by atoms with van der Waals surface area (Å²) >= 11 is 0. The topological polar surface area (TPSA) is 46.6 Å². The van der Waals surface area contributed by atoms with Gasteiger partial charge in [-0.25, -0.2) is 0 Å². The number of rotatable bonds is 4. The first-order chi connectivity index (χ1) is 9.43. The molecule has 1 aliphatic rings. The van der Waals surface area contributed by atoms with Gasteiger partial charge in [0.15, 0.2) is 11.9 Å². The molecule has 1 atom stereocenters. The predicted octanol–water partition coefficient (Wildman–Crippen LogP) is 3.05. The number of anilines is 1. The van der Waals surface area contributed by atoms with Gasteiger partial charge in [-0.15, -0.1) is 0 Å². The molecule has 0 saturated carbocycles. The summed E-state index contributed by atoms with van der Waals surface area (Å²) < 4.78 is 5.62. The van der Waals surface area contributed by atoms with Gasteiger partial charge in [0.2, 0.25) is 0 Å². The fourth-order valence-corrected chi connectivity index (χ4v) is 2.34. The van der Waals surface area contributed by atoms with Crippen LogP contribution in [-0.2, 0) is 4.79 Å². The Labute approximate surface area is 119 Å². The summed E-state index contributed by atoms with van der Waals surface area (Å²) in [6, 6.07) is 5.32. The first kappa shape index (κ1) is 14.6. The molecule has 1 aliphatic heterocycles. The van der Waals surface area contributed by atoms with Crippen molar-refractivity contribution in [3.8, 4) is 5.75 Å². The van der Waals surface area contributed by atoms with Crippen molar-refractivity contribution in [3.63, 3.8) is 0 Å². The van der Waals surface area contributed by atoms with Crippen LogP contribution < -0.4 is 9.64 Å². The number of fused-ring (bicyclic) bond motifs is 1. The van der Waals surface area contributed by atoms with Crippen LogP contribution in [0.2, 0.25) is 0 Å². The third-order valence-corrected chi connectivity index (χ3v) is 3.36. The van der Waals surface area contributed by atoms with E-state index in [4.69, 9.17) is 4.74 Å². The number of carbonyl (C=O) groups is 2. The van der Waals surface area contributed by atoms with Gasteiger partial charge in [0.1, 0.15) is 5.75 Å². The molecule has 0 bridgehead atoms. The number of nitrogens with zero attached hydrogens (tertiary/aromatic N) is 1. The maximum absolute atomic E-state index is 12.3. The van der Waals surface area contributed by atoms with E-state index in [1.807, 2.05) is 6.92 Å². The van der Waals surface area contributed by atoms with Crippen LogP contribution in [0.15, 0.2) is 18.2 Å². The summed E-state index contributed by atoms with van der Waals surface area (Å²) in [6.07, 6.45) is -0.0252. The lowest BCUT2D eigenvalue weighted by atomic mass is 10.0. The lowest BCUT2D eigenvalue weighted by Gasteiger charge is -2.34. The van der Waals surface area contributed by atoms with Gasteiger partial charge in [-0.2, -0.15) is 0 Å². The van der Waals surface area contributed by atoms with Crippen molar-refractivity contribution in [1.82, 2.24) is 0 Å². The molecule has 1 heterocycles. The van der Waals surface area contributed by atoms with E-state index in [1.165, 1.54) is 0 Å². The molecule has 1 aromatic rings. The Hall–Kier alpha value is -1.84. The third-order valence-electron chi connectivity index (χ3n) is 3.36. The number of ketones is 1. The van der Waals surface area contributed by atoms with Crippen LogP contribution >= 0.6 is 0 Å². The Morgan fingerprint density at radius 2 is 2.10 bits per heavy atom. The highest BCUT2D eigenvalue weighted by Crippen LogP contribution is 2.35.